The maximum Gasteiger partial charge on any atom is 0.289 e. The van der Waals surface area contributed by atoms with Crippen LogP contribution in [0.15, 0.2) is 18.2 Å². The molecule has 2 saturated heterocycles. The van der Waals surface area contributed by atoms with Gasteiger partial charge >= 0.3 is 0 Å². The van der Waals surface area contributed by atoms with Crippen LogP contribution in [0.5, 0.6) is 0 Å². The van der Waals surface area contributed by atoms with Gasteiger partial charge in [0.25, 0.3) is 5.24 Å². The second-order valence-corrected chi connectivity index (χ2v) is 7.51. The van der Waals surface area contributed by atoms with Crippen LogP contribution >= 0.6 is 23.4 Å². The first-order valence-electron chi connectivity index (χ1n) is 8.16. The van der Waals surface area contributed by atoms with Gasteiger partial charge in [0, 0.05) is 25.6 Å². The Balaban J connectivity index is 1.49. The highest BCUT2D eigenvalue weighted by atomic mass is 35.5. The van der Waals surface area contributed by atoms with Crippen molar-refractivity contribution in [1.82, 2.24) is 9.80 Å². The summed E-state index contributed by atoms with van der Waals surface area (Å²) in [5.41, 5.74) is 0.732. The Morgan fingerprint density at radius 1 is 1.28 bits per heavy atom. The van der Waals surface area contributed by atoms with Crippen LogP contribution in [-0.4, -0.2) is 51.7 Å². The number of thioether (sulfide) groups is 1. The van der Waals surface area contributed by atoms with E-state index in [4.69, 9.17) is 11.6 Å². The molecule has 0 saturated carbocycles. The number of amides is 3. The Morgan fingerprint density at radius 2 is 2.00 bits per heavy atom. The molecule has 3 amide bonds. The molecule has 2 heterocycles. The first kappa shape index (κ1) is 18.2. The van der Waals surface area contributed by atoms with Crippen LogP contribution in [0.2, 0.25) is 5.02 Å². The highest BCUT2D eigenvalue weighted by Gasteiger charge is 2.37. The zero-order valence-corrected chi connectivity index (χ0v) is 15.1. The third-order valence-corrected chi connectivity index (χ3v) is 5.72. The first-order valence-corrected chi connectivity index (χ1v) is 9.52. The van der Waals surface area contributed by atoms with E-state index >= 15 is 0 Å². The van der Waals surface area contributed by atoms with Gasteiger partial charge in [-0.1, -0.05) is 29.4 Å². The molecule has 0 radical (unpaired) electrons. The van der Waals surface area contributed by atoms with Gasteiger partial charge in [0.1, 0.15) is 5.82 Å². The van der Waals surface area contributed by atoms with Crippen LogP contribution in [0, 0.1) is 5.82 Å². The van der Waals surface area contributed by atoms with Crippen molar-refractivity contribution in [1.29, 1.82) is 0 Å². The molecule has 2 aliphatic rings. The predicted octanol–water partition coefficient (Wildman–Crippen LogP) is 3.10. The van der Waals surface area contributed by atoms with E-state index in [1.807, 2.05) is 0 Å². The van der Waals surface area contributed by atoms with E-state index in [-0.39, 0.29) is 33.9 Å². The van der Waals surface area contributed by atoms with E-state index in [1.165, 1.54) is 17.0 Å². The van der Waals surface area contributed by atoms with Gasteiger partial charge in [-0.05, 0) is 37.0 Å². The SMILES string of the molecule is O=C(CCc1ccc(Cl)c(F)c1)N1CCC(N2C(=O)CSC2=O)CC1. The zero-order chi connectivity index (χ0) is 18.0. The van der Waals surface area contributed by atoms with Gasteiger partial charge in [-0.2, -0.15) is 0 Å². The fraction of sp³-hybridized carbons (Fsp3) is 0.471. The molecule has 8 heteroatoms. The Labute approximate surface area is 154 Å². The number of benzene rings is 1. The summed E-state index contributed by atoms with van der Waals surface area (Å²) in [5, 5.41) is -0.110. The van der Waals surface area contributed by atoms with E-state index in [9.17, 15) is 18.8 Å². The van der Waals surface area contributed by atoms with Gasteiger partial charge in [0.15, 0.2) is 0 Å². The average Bonchev–Trinajstić information content (AvgIpc) is 2.94. The number of aryl methyl sites for hydroxylation is 1. The van der Waals surface area contributed by atoms with Crippen molar-refractivity contribution < 1.29 is 18.8 Å². The normalized spacial score (nSPS) is 19.0. The molecule has 0 aliphatic carbocycles. The molecule has 1 aromatic rings. The number of rotatable bonds is 4. The van der Waals surface area contributed by atoms with Crippen LogP contribution in [-0.2, 0) is 16.0 Å². The van der Waals surface area contributed by atoms with Crippen molar-refractivity contribution in [2.45, 2.75) is 31.7 Å². The summed E-state index contributed by atoms with van der Waals surface area (Å²) in [7, 11) is 0. The zero-order valence-electron chi connectivity index (χ0n) is 13.5. The topological polar surface area (TPSA) is 57.7 Å². The van der Waals surface area contributed by atoms with E-state index in [1.54, 1.807) is 11.0 Å². The quantitative estimate of drug-likeness (QED) is 0.800. The Hall–Kier alpha value is -1.60. The van der Waals surface area contributed by atoms with Crippen LogP contribution in [0.3, 0.4) is 0 Å². The summed E-state index contributed by atoms with van der Waals surface area (Å²) < 4.78 is 13.4. The summed E-state index contributed by atoms with van der Waals surface area (Å²) in [4.78, 5) is 39.0. The van der Waals surface area contributed by atoms with Crippen molar-refractivity contribution in [3.8, 4) is 0 Å². The Kier molecular flexibility index (Phi) is 5.64. The fourth-order valence-electron chi connectivity index (χ4n) is 3.20. The molecule has 0 unspecified atom stereocenters. The highest BCUT2D eigenvalue weighted by molar-refractivity contribution is 8.14. The molecule has 25 heavy (non-hydrogen) atoms. The third-order valence-electron chi connectivity index (χ3n) is 4.58. The van der Waals surface area contributed by atoms with Crippen molar-refractivity contribution in [2.24, 2.45) is 0 Å². The van der Waals surface area contributed by atoms with Gasteiger partial charge < -0.3 is 4.90 Å². The molecule has 5 nitrogen and oxygen atoms in total. The summed E-state index contributed by atoms with van der Waals surface area (Å²) in [6.07, 6.45) is 1.97. The number of carbonyl (C=O) groups excluding carboxylic acids is 3. The van der Waals surface area contributed by atoms with E-state index in [0.717, 1.165) is 17.3 Å². The second kappa shape index (κ2) is 7.74. The lowest BCUT2D eigenvalue weighted by molar-refractivity contribution is -0.133. The molecular weight excluding hydrogens is 367 g/mol. The monoisotopic (exact) mass is 384 g/mol. The smallest absolute Gasteiger partial charge is 0.289 e. The van der Waals surface area contributed by atoms with Crippen LogP contribution < -0.4 is 0 Å². The standard InChI is InChI=1S/C17H18ClFN2O3S/c18-13-3-1-11(9-14(13)19)2-4-15(22)20-7-5-12(6-8-20)21-16(23)10-25-17(21)24/h1,3,9,12H,2,4-8,10H2. The summed E-state index contributed by atoms with van der Waals surface area (Å²) >= 11 is 6.69. The minimum Gasteiger partial charge on any atom is -0.343 e. The van der Waals surface area contributed by atoms with Gasteiger partial charge in [0.05, 0.1) is 10.8 Å². The molecule has 2 fully saturated rings. The molecule has 1 aromatic carbocycles. The largest absolute Gasteiger partial charge is 0.343 e. The predicted molar refractivity (Wildman–Crippen MR) is 94.0 cm³/mol. The Morgan fingerprint density at radius 3 is 2.60 bits per heavy atom. The molecular formula is C17H18ClFN2O3S. The maximum atomic E-state index is 13.4. The van der Waals surface area contributed by atoms with Gasteiger partial charge in [-0.25, -0.2) is 4.39 Å². The molecule has 0 N–H and O–H groups in total. The third kappa shape index (κ3) is 4.15. The van der Waals surface area contributed by atoms with Crippen molar-refractivity contribution >= 4 is 40.4 Å². The highest BCUT2D eigenvalue weighted by Crippen LogP contribution is 2.27. The second-order valence-electron chi connectivity index (χ2n) is 6.18. The van der Waals surface area contributed by atoms with Crippen molar-refractivity contribution in [2.75, 3.05) is 18.8 Å². The number of likely N-dealkylation sites (tertiary alicyclic amines) is 1. The van der Waals surface area contributed by atoms with E-state index in [0.29, 0.717) is 38.8 Å². The maximum absolute atomic E-state index is 13.4. The molecule has 0 atom stereocenters. The average molecular weight is 385 g/mol. The number of nitrogens with zero attached hydrogens (tertiary/aromatic N) is 2. The molecule has 0 bridgehead atoms. The lowest BCUT2D eigenvalue weighted by Crippen LogP contribution is -2.48. The van der Waals surface area contributed by atoms with Gasteiger partial charge in [0.2, 0.25) is 11.8 Å². The first-order chi connectivity index (χ1) is 12.0. The number of imide groups is 1. The van der Waals surface area contributed by atoms with Crippen LogP contribution in [0.4, 0.5) is 9.18 Å². The molecule has 3 rings (SSSR count). The van der Waals surface area contributed by atoms with Crippen molar-refractivity contribution in [3.63, 3.8) is 0 Å². The molecule has 2 aliphatic heterocycles. The summed E-state index contributed by atoms with van der Waals surface area (Å²) in [6.45, 7) is 1.06. The number of hydrogen-bond acceptors (Lipinski definition) is 4. The van der Waals surface area contributed by atoms with Gasteiger partial charge in [-0.15, -0.1) is 0 Å². The van der Waals surface area contributed by atoms with E-state index in [2.05, 4.69) is 0 Å². The van der Waals surface area contributed by atoms with Crippen molar-refractivity contribution in [3.05, 3.63) is 34.6 Å². The minimum atomic E-state index is -0.481. The number of carbonyl (C=O) groups is 3. The lowest BCUT2D eigenvalue weighted by Gasteiger charge is -2.35. The Bertz CT molecular complexity index is 691. The molecule has 0 aromatic heterocycles. The van der Waals surface area contributed by atoms with E-state index < -0.39 is 5.82 Å². The van der Waals surface area contributed by atoms with Gasteiger partial charge in [-0.3, -0.25) is 19.3 Å². The minimum absolute atomic E-state index is 0.00209. The van der Waals surface area contributed by atoms with Crippen LogP contribution in [0.1, 0.15) is 24.8 Å². The lowest BCUT2D eigenvalue weighted by atomic mass is 10.0. The summed E-state index contributed by atoms with van der Waals surface area (Å²) in [6, 6.07) is 4.45. The number of halogens is 2. The molecule has 134 valence electrons. The number of hydrogen-bond donors (Lipinski definition) is 0. The van der Waals surface area contributed by atoms with Crippen LogP contribution in [0.25, 0.3) is 0 Å². The number of piperidine rings is 1. The fourth-order valence-corrected chi connectivity index (χ4v) is 4.09. The summed E-state index contributed by atoms with van der Waals surface area (Å²) in [5.74, 6) is -0.396. The molecule has 0 spiro atoms.